The summed E-state index contributed by atoms with van der Waals surface area (Å²) in [6.45, 7) is 2.11. The van der Waals surface area contributed by atoms with Crippen LogP contribution in [-0.4, -0.2) is 48.3 Å². The lowest BCUT2D eigenvalue weighted by molar-refractivity contribution is 0.0564. The Bertz CT molecular complexity index is 501. The highest BCUT2D eigenvalue weighted by Crippen LogP contribution is 2.21. The van der Waals surface area contributed by atoms with Crippen molar-refractivity contribution >= 4 is 29.3 Å². The van der Waals surface area contributed by atoms with Crippen LogP contribution in [0.2, 0.25) is 5.02 Å². The van der Waals surface area contributed by atoms with Crippen molar-refractivity contribution in [1.82, 2.24) is 4.90 Å². The van der Waals surface area contributed by atoms with Gasteiger partial charge in [0.1, 0.15) is 0 Å². The number of hydrogen-bond donors (Lipinski definition) is 2. The van der Waals surface area contributed by atoms with E-state index < -0.39 is 5.97 Å². The number of nitrogens with zero attached hydrogens (tertiary/aromatic N) is 1. The third kappa shape index (κ3) is 3.36. The number of amides is 2. The summed E-state index contributed by atoms with van der Waals surface area (Å²) < 4.78 is 5.15. The number of rotatable bonds is 2. The van der Waals surface area contributed by atoms with Crippen molar-refractivity contribution in [2.75, 3.05) is 31.6 Å². The molecule has 1 aromatic rings. The van der Waals surface area contributed by atoms with Gasteiger partial charge in [-0.2, -0.15) is 0 Å². The van der Waals surface area contributed by atoms with E-state index in [1.807, 2.05) is 0 Å². The van der Waals surface area contributed by atoms with E-state index in [1.54, 1.807) is 4.90 Å². The third-order valence-corrected chi connectivity index (χ3v) is 3.06. The number of morpholine rings is 1. The van der Waals surface area contributed by atoms with E-state index in [1.165, 1.54) is 18.2 Å². The van der Waals surface area contributed by atoms with E-state index in [-0.39, 0.29) is 16.6 Å². The van der Waals surface area contributed by atoms with Gasteiger partial charge in [-0.05, 0) is 18.2 Å². The summed E-state index contributed by atoms with van der Waals surface area (Å²) in [7, 11) is 0. The summed E-state index contributed by atoms with van der Waals surface area (Å²) >= 11 is 5.83. The van der Waals surface area contributed by atoms with E-state index in [0.717, 1.165) is 0 Å². The molecule has 1 aliphatic heterocycles. The minimum Gasteiger partial charge on any atom is -0.478 e. The average molecular weight is 285 g/mol. The van der Waals surface area contributed by atoms with Crippen molar-refractivity contribution < 1.29 is 19.4 Å². The SMILES string of the molecule is O=C(O)c1ccc(NC(=O)N2CCOCC2)cc1Cl. The van der Waals surface area contributed by atoms with Gasteiger partial charge in [0, 0.05) is 18.8 Å². The molecule has 0 spiro atoms. The number of anilines is 1. The molecule has 0 radical (unpaired) electrons. The molecular weight excluding hydrogens is 272 g/mol. The highest BCUT2D eigenvalue weighted by molar-refractivity contribution is 6.33. The van der Waals surface area contributed by atoms with Crippen molar-refractivity contribution in [3.8, 4) is 0 Å². The van der Waals surface area contributed by atoms with E-state index in [2.05, 4.69) is 5.32 Å². The van der Waals surface area contributed by atoms with Crippen molar-refractivity contribution in [3.63, 3.8) is 0 Å². The minimum atomic E-state index is -1.10. The number of hydrogen-bond acceptors (Lipinski definition) is 3. The third-order valence-electron chi connectivity index (χ3n) is 2.75. The standard InChI is InChI=1S/C12H13ClN2O4/c13-10-7-8(1-2-9(10)11(16)17)14-12(18)15-3-5-19-6-4-15/h1-2,7H,3-6H2,(H,14,18)(H,16,17). The molecule has 2 amide bonds. The Kier molecular flexibility index (Phi) is 4.24. The van der Waals surface area contributed by atoms with Crippen LogP contribution in [0.25, 0.3) is 0 Å². The second-order valence-corrected chi connectivity index (χ2v) is 4.44. The Labute approximate surface area is 114 Å². The molecule has 1 saturated heterocycles. The van der Waals surface area contributed by atoms with Crippen LogP contribution < -0.4 is 5.32 Å². The van der Waals surface area contributed by atoms with Crippen LogP contribution in [0.3, 0.4) is 0 Å². The first kappa shape index (κ1) is 13.6. The highest BCUT2D eigenvalue weighted by atomic mass is 35.5. The summed E-state index contributed by atoms with van der Waals surface area (Å²) in [6.07, 6.45) is 0. The van der Waals surface area contributed by atoms with Crippen LogP contribution >= 0.6 is 11.6 Å². The van der Waals surface area contributed by atoms with Crippen molar-refractivity contribution in [1.29, 1.82) is 0 Å². The molecule has 1 fully saturated rings. The number of carboxylic acid groups (broad SMARTS) is 1. The van der Waals surface area contributed by atoms with Gasteiger partial charge in [0.25, 0.3) is 0 Å². The summed E-state index contributed by atoms with van der Waals surface area (Å²) in [4.78, 5) is 24.3. The Morgan fingerprint density at radius 1 is 1.32 bits per heavy atom. The minimum absolute atomic E-state index is 0.00559. The second kappa shape index (κ2) is 5.90. The predicted octanol–water partition coefficient (Wildman–Crippen LogP) is 1.90. The van der Waals surface area contributed by atoms with Crippen LogP contribution in [0.4, 0.5) is 10.5 Å². The number of nitrogens with one attached hydrogen (secondary N) is 1. The van der Waals surface area contributed by atoms with Crippen LogP contribution in [0.5, 0.6) is 0 Å². The lowest BCUT2D eigenvalue weighted by atomic mass is 10.2. The van der Waals surface area contributed by atoms with Gasteiger partial charge in [-0.3, -0.25) is 0 Å². The van der Waals surface area contributed by atoms with Crippen LogP contribution in [0.15, 0.2) is 18.2 Å². The van der Waals surface area contributed by atoms with E-state index in [0.29, 0.717) is 32.0 Å². The van der Waals surface area contributed by atoms with Gasteiger partial charge in [0.05, 0.1) is 23.8 Å². The molecule has 0 aliphatic carbocycles. The number of carbonyl (C=O) groups is 2. The first-order valence-corrected chi connectivity index (χ1v) is 6.12. The Balaban J connectivity index is 2.04. The van der Waals surface area contributed by atoms with Crippen molar-refractivity contribution in [3.05, 3.63) is 28.8 Å². The van der Waals surface area contributed by atoms with Crippen LogP contribution in [0.1, 0.15) is 10.4 Å². The summed E-state index contributed by atoms with van der Waals surface area (Å²) in [5.74, 6) is -1.10. The molecule has 0 aromatic heterocycles. The Hall–Kier alpha value is -1.79. The summed E-state index contributed by atoms with van der Waals surface area (Å²) in [5.41, 5.74) is 0.470. The fraction of sp³-hybridized carbons (Fsp3) is 0.333. The average Bonchev–Trinajstić information content (AvgIpc) is 2.39. The largest absolute Gasteiger partial charge is 0.478 e. The smallest absolute Gasteiger partial charge is 0.337 e. The zero-order valence-electron chi connectivity index (χ0n) is 10.1. The predicted molar refractivity (Wildman–Crippen MR) is 69.8 cm³/mol. The molecule has 1 aliphatic rings. The van der Waals surface area contributed by atoms with Gasteiger partial charge < -0.3 is 20.1 Å². The molecule has 0 unspecified atom stereocenters. The number of halogens is 1. The van der Waals surface area contributed by atoms with Gasteiger partial charge in [-0.25, -0.2) is 9.59 Å². The zero-order chi connectivity index (χ0) is 13.8. The highest BCUT2D eigenvalue weighted by Gasteiger charge is 2.17. The van der Waals surface area contributed by atoms with E-state index in [9.17, 15) is 9.59 Å². The monoisotopic (exact) mass is 284 g/mol. The normalized spacial score (nSPS) is 15.1. The number of urea groups is 1. The van der Waals surface area contributed by atoms with E-state index >= 15 is 0 Å². The van der Waals surface area contributed by atoms with Gasteiger partial charge in [-0.1, -0.05) is 11.6 Å². The number of benzene rings is 1. The van der Waals surface area contributed by atoms with Gasteiger partial charge in [0.15, 0.2) is 0 Å². The molecule has 0 saturated carbocycles. The summed E-state index contributed by atoms with van der Waals surface area (Å²) in [5, 5.41) is 11.6. The lowest BCUT2D eigenvalue weighted by Crippen LogP contribution is -2.43. The molecule has 1 heterocycles. The molecule has 19 heavy (non-hydrogen) atoms. The second-order valence-electron chi connectivity index (χ2n) is 4.03. The molecule has 2 rings (SSSR count). The van der Waals surface area contributed by atoms with Crippen molar-refractivity contribution in [2.24, 2.45) is 0 Å². The fourth-order valence-corrected chi connectivity index (χ4v) is 2.00. The quantitative estimate of drug-likeness (QED) is 0.869. The van der Waals surface area contributed by atoms with Gasteiger partial charge in [0.2, 0.25) is 0 Å². The molecular formula is C12H13ClN2O4. The van der Waals surface area contributed by atoms with Gasteiger partial charge in [-0.15, -0.1) is 0 Å². The number of carboxylic acids is 1. The Morgan fingerprint density at radius 3 is 2.58 bits per heavy atom. The maximum absolute atomic E-state index is 11.9. The van der Waals surface area contributed by atoms with Crippen LogP contribution in [0, 0.1) is 0 Å². The van der Waals surface area contributed by atoms with E-state index in [4.69, 9.17) is 21.4 Å². The van der Waals surface area contributed by atoms with Gasteiger partial charge >= 0.3 is 12.0 Å². The number of carbonyl (C=O) groups excluding carboxylic acids is 1. The molecule has 1 aromatic carbocycles. The molecule has 0 atom stereocenters. The first-order chi connectivity index (χ1) is 9.08. The molecule has 102 valence electrons. The van der Waals surface area contributed by atoms with Crippen LogP contribution in [-0.2, 0) is 4.74 Å². The lowest BCUT2D eigenvalue weighted by Gasteiger charge is -2.26. The zero-order valence-corrected chi connectivity index (χ0v) is 10.8. The molecule has 0 bridgehead atoms. The number of aromatic carboxylic acids is 1. The molecule has 7 heteroatoms. The number of ether oxygens (including phenoxy) is 1. The molecule has 2 N–H and O–H groups in total. The fourth-order valence-electron chi connectivity index (χ4n) is 1.74. The topological polar surface area (TPSA) is 78.9 Å². The molecule has 6 nitrogen and oxygen atoms in total. The maximum atomic E-state index is 11.9. The summed E-state index contributed by atoms with van der Waals surface area (Å²) in [6, 6.07) is 4.04. The maximum Gasteiger partial charge on any atom is 0.337 e. The first-order valence-electron chi connectivity index (χ1n) is 5.74. The Morgan fingerprint density at radius 2 is 2.00 bits per heavy atom. The van der Waals surface area contributed by atoms with Crippen molar-refractivity contribution in [2.45, 2.75) is 0 Å².